The van der Waals surface area contributed by atoms with Crippen molar-refractivity contribution in [2.45, 2.75) is 18.9 Å². The highest BCUT2D eigenvalue weighted by Gasteiger charge is 2.25. The van der Waals surface area contributed by atoms with Crippen LogP contribution < -0.4 is 0 Å². The van der Waals surface area contributed by atoms with Gasteiger partial charge in [0.1, 0.15) is 6.10 Å². The van der Waals surface area contributed by atoms with E-state index in [1.165, 1.54) is 0 Å². The number of carbonyl (C=O) groups is 1. The van der Waals surface area contributed by atoms with E-state index in [0.717, 1.165) is 12.8 Å². The van der Waals surface area contributed by atoms with Gasteiger partial charge in [-0.25, -0.2) is 0 Å². The van der Waals surface area contributed by atoms with E-state index in [-0.39, 0.29) is 11.9 Å². The minimum atomic E-state index is -0.283. The molecule has 1 unspecified atom stereocenters. The van der Waals surface area contributed by atoms with Gasteiger partial charge in [0.25, 0.3) is 0 Å². The Morgan fingerprint density at radius 1 is 1.43 bits per heavy atom. The summed E-state index contributed by atoms with van der Waals surface area (Å²) in [7, 11) is 0. The zero-order valence-corrected chi connectivity index (χ0v) is 8.46. The van der Waals surface area contributed by atoms with E-state index in [1.807, 2.05) is 12.1 Å². The Kier molecular flexibility index (Phi) is 2.85. The molecular formula is C11H11ClO2. The molecule has 0 spiro atoms. The summed E-state index contributed by atoms with van der Waals surface area (Å²) < 4.78 is 5.32. The molecule has 74 valence electrons. The van der Waals surface area contributed by atoms with Crippen LogP contribution in [-0.4, -0.2) is 18.5 Å². The summed E-state index contributed by atoms with van der Waals surface area (Å²) in [6, 6.07) is 7.10. The normalized spacial score (nSPS) is 21.1. The minimum absolute atomic E-state index is 0.00750. The highest BCUT2D eigenvalue weighted by Crippen LogP contribution is 2.22. The number of ether oxygens (including phenoxy) is 1. The Labute approximate surface area is 87.8 Å². The summed E-state index contributed by atoms with van der Waals surface area (Å²) in [5.41, 5.74) is 0.570. The third-order valence-corrected chi connectivity index (χ3v) is 2.69. The third-order valence-electron chi connectivity index (χ3n) is 2.36. The van der Waals surface area contributed by atoms with Crippen molar-refractivity contribution in [2.75, 3.05) is 6.61 Å². The Bertz CT molecular complexity index is 343. The highest BCUT2D eigenvalue weighted by atomic mass is 35.5. The maximum absolute atomic E-state index is 11.9. The molecule has 3 heteroatoms. The first kappa shape index (κ1) is 9.69. The predicted molar refractivity (Wildman–Crippen MR) is 54.8 cm³/mol. The van der Waals surface area contributed by atoms with Crippen LogP contribution in [0.5, 0.6) is 0 Å². The summed E-state index contributed by atoms with van der Waals surface area (Å²) >= 11 is 5.92. The average molecular weight is 211 g/mol. The van der Waals surface area contributed by atoms with E-state index in [1.54, 1.807) is 12.1 Å². The lowest BCUT2D eigenvalue weighted by atomic mass is 10.0. The van der Waals surface area contributed by atoms with E-state index in [0.29, 0.717) is 17.2 Å². The molecule has 0 saturated carbocycles. The van der Waals surface area contributed by atoms with E-state index < -0.39 is 0 Å². The van der Waals surface area contributed by atoms with Crippen LogP contribution in [0.15, 0.2) is 24.3 Å². The molecule has 1 aromatic carbocycles. The van der Waals surface area contributed by atoms with Gasteiger partial charge in [-0.15, -0.1) is 0 Å². The molecule has 1 heterocycles. The van der Waals surface area contributed by atoms with Gasteiger partial charge in [0.2, 0.25) is 0 Å². The molecule has 0 aliphatic carbocycles. The number of ketones is 1. The van der Waals surface area contributed by atoms with Crippen molar-refractivity contribution in [2.24, 2.45) is 0 Å². The van der Waals surface area contributed by atoms with Crippen LogP contribution in [0.2, 0.25) is 5.02 Å². The average Bonchev–Trinajstić information content (AvgIpc) is 2.70. The van der Waals surface area contributed by atoms with Crippen LogP contribution >= 0.6 is 11.6 Å². The Morgan fingerprint density at radius 2 is 2.21 bits per heavy atom. The first-order chi connectivity index (χ1) is 6.79. The van der Waals surface area contributed by atoms with Crippen LogP contribution in [-0.2, 0) is 4.74 Å². The lowest BCUT2D eigenvalue weighted by Crippen LogP contribution is -2.19. The fourth-order valence-electron chi connectivity index (χ4n) is 1.62. The van der Waals surface area contributed by atoms with Crippen molar-refractivity contribution in [3.8, 4) is 0 Å². The number of rotatable bonds is 2. The molecule has 1 aromatic rings. The van der Waals surface area contributed by atoms with Crippen LogP contribution in [0.3, 0.4) is 0 Å². The predicted octanol–water partition coefficient (Wildman–Crippen LogP) is 2.70. The molecule has 2 rings (SSSR count). The molecule has 0 amide bonds. The van der Waals surface area contributed by atoms with Crippen LogP contribution in [0.1, 0.15) is 23.2 Å². The van der Waals surface area contributed by atoms with Gasteiger partial charge in [0.05, 0.1) is 5.02 Å². The zero-order chi connectivity index (χ0) is 9.97. The maximum atomic E-state index is 11.9. The first-order valence-corrected chi connectivity index (χ1v) is 5.07. The number of halogens is 1. The van der Waals surface area contributed by atoms with Crippen molar-refractivity contribution in [1.29, 1.82) is 0 Å². The summed E-state index contributed by atoms with van der Waals surface area (Å²) in [6.45, 7) is 0.681. The molecule has 0 radical (unpaired) electrons. The number of Topliss-reactive ketones (excluding diaryl/α,β-unsaturated/α-hetero) is 1. The van der Waals surface area contributed by atoms with Crippen molar-refractivity contribution < 1.29 is 9.53 Å². The standard InChI is InChI=1S/C11H11ClO2/c12-9-5-2-1-4-8(9)11(13)10-6-3-7-14-10/h1-2,4-5,10H,3,6-7H2. The van der Waals surface area contributed by atoms with Gasteiger partial charge in [-0.2, -0.15) is 0 Å². The SMILES string of the molecule is O=C(c1ccccc1Cl)C1CCCO1. The zero-order valence-electron chi connectivity index (χ0n) is 7.70. The Morgan fingerprint density at radius 3 is 2.86 bits per heavy atom. The number of hydrogen-bond acceptors (Lipinski definition) is 2. The molecule has 1 aliphatic rings. The van der Waals surface area contributed by atoms with Gasteiger partial charge >= 0.3 is 0 Å². The number of hydrogen-bond donors (Lipinski definition) is 0. The van der Waals surface area contributed by atoms with Gasteiger partial charge in [-0.05, 0) is 25.0 Å². The molecule has 1 atom stereocenters. The third kappa shape index (κ3) is 1.81. The van der Waals surface area contributed by atoms with Crippen molar-refractivity contribution in [3.05, 3.63) is 34.9 Å². The fourth-order valence-corrected chi connectivity index (χ4v) is 1.85. The summed E-state index contributed by atoms with van der Waals surface area (Å²) in [5.74, 6) is 0.00750. The fraction of sp³-hybridized carbons (Fsp3) is 0.364. The quantitative estimate of drug-likeness (QED) is 0.702. The molecule has 0 aromatic heterocycles. The van der Waals surface area contributed by atoms with Gasteiger partial charge in [-0.3, -0.25) is 4.79 Å². The number of benzene rings is 1. The number of carbonyl (C=O) groups excluding carboxylic acids is 1. The monoisotopic (exact) mass is 210 g/mol. The second-order valence-electron chi connectivity index (χ2n) is 3.35. The van der Waals surface area contributed by atoms with Crippen LogP contribution in [0, 0.1) is 0 Å². The second-order valence-corrected chi connectivity index (χ2v) is 3.75. The molecular weight excluding hydrogens is 200 g/mol. The van der Waals surface area contributed by atoms with E-state index in [4.69, 9.17) is 16.3 Å². The van der Waals surface area contributed by atoms with Crippen molar-refractivity contribution in [1.82, 2.24) is 0 Å². The van der Waals surface area contributed by atoms with Gasteiger partial charge in [0.15, 0.2) is 5.78 Å². The van der Waals surface area contributed by atoms with Crippen LogP contribution in [0.25, 0.3) is 0 Å². The van der Waals surface area contributed by atoms with Gasteiger partial charge in [-0.1, -0.05) is 23.7 Å². The smallest absolute Gasteiger partial charge is 0.193 e. The lowest BCUT2D eigenvalue weighted by molar-refractivity contribution is 0.0643. The van der Waals surface area contributed by atoms with E-state index in [9.17, 15) is 4.79 Å². The van der Waals surface area contributed by atoms with Crippen molar-refractivity contribution >= 4 is 17.4 Å². The maximum Gasteiger partial charge on any atom is 0.193 e. The summed E-state index contributed by atoms with van der Waals surface area (Å²) in [5, 5.41) is 0.507. The lowest BCUT2D eigenvalue weighted by Gasteiger charge is -2.08. The second kappa shape index (κ2) is 4.11. The minimum Gasteiger partial charge on any atom is -0.370 e. The molecule has 1 saturated heterocycles. The largest absolute Gasteiger partial charge is 0.370 e. The molecule has 1 fully saturated rings. The summed E-state index contributed by atoms with van der Waals surface area (Å²) in [6.07, 6.45) is 1.49. The van der Waals surface area contributed by atoms with E-state index in [2.05, 4.69) is 0 Å². The van der Waals surface area contributed by atoms with E-state index >= 15 is 0 Å². The van der Waals surface area contributed by atoms with Crippen molar-refractivity contribution in [3.63, 3.8) is 0 Å². The molecule has 14 heavy (non-hydrogen) atoms. The molecule has 0 N–H and O–H groups in total. The molecule has 0 bridgehead atoms. The Balaban J connectivity index is 2.22. The van der Waals surface area contributed by atoms with Gasteiger partial charge in [0, 0.05) is 12.2 Å². The summed E-state index contributed by atoms with van der Waals surface area (Å²) in [4.78, 5) is 11.9. The topological polar surface area (TPSA) is 26.3 Å². The van der Waals surface area contributed by atoms with Crippen LogP contribution in [0.4, 0.5) is 0 Å². The molecule has 1 aliphatic heterocycles. The molecule has 2 nitrogen and oxygen atoms in total. The van der Waals surface area contributed by atoms with Gasteiger partial charge < -0.3 is 4.74 Å². The highest BCUT2D eigenvalue weighted by molar-refractivity contribution is 6.34. The Hall–Kier alpha value is -0.860. The first-order valence-electron chi connectivity index (χ1n) is 4.69.